The van der Waals surface area contributed by atoms with Gasteiger partial charge < -0.3 is 0 Å². The average Bonchev–Trinajstić information content (AvgIpc) is 2.59. The molecular formula is C17H17BrS. The van der Waals surface area contributed by atoms with E-state index in [2.05, 4.69) is 78.8 Å². The average molecular weight is 333 g/mol. The van der Waals surface area contributed by atoms with E-state index in [-0.39, 0.29) is 5.41 Å². The van der Waals surface area contributed by atoms with Crippen molar-refractivity contribution in [3.05, 3.63) is 57.6 Å². The molecule has 0 atom stereocenters. The highest BCUT2D eigenvalue weighted by Crippen LogP contribution is 2.49. The summed E-state index contributed by atoms with van der Waals surface area (Å²) in [6, 6.07) is 13.5. The molecule has 0 fully saturated rings. The molecule has 0 saturated heterocycles. The largest absolute Gasteiger partial charge is 0.179 e. The second kappa shape index (κ2) is 4.68. The van der Waals surface area contributed by atoms with E-state index < -0.39 is 0 Å². The van der Waals surface area contributed by atoms with Crippen molar-refractivity contribution < 1.29 is 0 Å². The van der Waals surface area contributed by atoms with Crippen molar-refractivity contribution in [3.63, 3.8) is 0 Å². The molecule has 0 bridgehead atoms. The minimum absolute atomic E-state index is 0.0844. The fourth-order valence-corrected chi connectivity index (χ4v) is 3.66. The zero-order valence-corrected chi connectivity index (χ0v) is 13.7. The normalized spacial score (nSPS) is 15.2. The van der Waals surface area contributed by atoms with Crippen LogP contribution in [0.3, 0.4) is 0 Å². The van der Waals surface area contributed by atoms with Crippen LogP contribution < -0.4 is 0 Å². The predicted octanol–water partition coefficient (Wildman–Crippen LogP) is 5.23. The minimum Gasteiger partial charge on any atom is -0.179 e. The molecule has 0 nitrogen and oxygen atoms in total. The number of benzene rings is 2. The molecule has 3 rings (SSSR count). The van der Waals surface area contributed by atoms with Crippen LogP contribution in [0.5, 0.6) is 0 Å². The number of aryl methyl sites for hydroxylation is 1. The first-order valence-corrected chi connectivity index (χ1v) is 8.01. The second-order valence-electron chi connectivity index (χ2n) is 5.67. The first kappa shape index (κ1) is 13.3. The molecule has 2 aromatic carbocycles. The van der Waals surface area contributed by atoms with E-state index in [4.69, 9.17) is 0 Å². The third-order valence-corrected chi connectivity index (χ3v) is 4.82. The van der Waals surface area contributed by atoms with Crippen LogP contribution in [0.2, 0.25) is 0 Å². The smallest absolute Gasteiger partial charge is 0.0178 e. The summed E-state index contributed by atoms with van der Waals surface area (Å²) in [6.07, 6.45) is 1.03. The fourth-order valence-electron chi connectivity index (χ4n) is 3.04. The zero-order valence-electron chi connectivity index (χ0n) is 11.2. The van der Waals surface area contributed by atoms with E-state index in [9.17, 15) is 0 Å². The molecule has 1 aliphatic carbocycles. The van der Waals surface area contributed by atoms with Crippen LogP contribution in [0.25, 0.3) is 11.1 Å². The van der Waals surface area contributed by atoms with Crippen molar-refractivity contribution in [2.45, 2.75) is 25.7 Å². The highest BCUT2D eigenvalue weighted by atomic mass is 79.9. The number of halogens is 1. The van der Waals surface area contributed by atoms with Crippen molar-refractivity contribution in [2.24, 2.45) is 0 Å². The second-order valence-corrected chi connectivity index (χ2v) is 7.03. The maximum Gasteiger partial charge on any atom is 0.0178 e. The standard InChI is InChI=1S/C17H17BrS/c1-17(2)15-9-11(7-8-19)3-5-13(15)14-6-4-12(18)10-16(14)17/h3-6,9-10,19H,7-8H2,1-2H3. The highest BCUT2D eigenvalue weighted by molar-refractivity contribution is 9.10. The van der Waals surface area contributed by atoms with Crippen molar-refractivity contribution in [3.8, 4) is 11.1 Å². The van der Waals surface area contributed by atoms with Gasteiger partial charge in [0, 0.05) is 9.89 Å². The van der Waals surface area contributed by atoms with Crippen LogP contribution in [0.4, 0.5) is 0 Å². The van der Waals surface area contributed by atoms with Crippen LogP contribution in [-0.2, 0) is 11.8 Å². The summed E-state index contributed by atoms with van der Waals surface area (Å²) in [4.78, 5) is 0. The third-order valence-electron chi connectivity index (χ3n) is 4.10. The van der Waals surface area contributed by atoms with E-state index in [1.54, 1.807) is 0 Å². The Morgan fingerprint density at radius 1 is 1.00 bits per heavy atom. The Labute approximate surface area is 128 Å². The number of hydrogen-bond donors (Lipinski definition) is 1. The number of thiol groups is 1. The van der Waals surface area contributed by atoms with Gasteiger partial charge >= 0.3 is 0 Å². The SMILES string of the molecule is CC1(C)c2cc(Br)ccc2-c2ccc(CCS)cc21. The lowest BCUT2D eigenvalue weighted by Gasteiger charge is -2.22. The zero-order chi connectivity index (χ0) is 13.6. The van der Waals surface area contributed by atoms with Crippen molar-refractivity contribution in [1.29, 1.82) is 0 Å². The Balaban J connectivity index is 2.22. The van der Waals surface area contributed by atoms with Gasteiger partial charge in [-0.15, -0.1) is 0 Å². The van der Waals surface area contributed by atoms with Gasteiger partial charge in [0.2, 0.25) is 0 Å². The summed E-state index contributed by atoms with van der Waals surface area (Å²) in [7, 11) is 0. The van der Waals surface area contributed by atoms with E-state index >= 15 is 0 Å². The molecule has 0 spiro atoms. The molecule has 98 valence electrons. The van der Waals surface area contributed by atoms with Gasteiger partial charge in [-0.05, 0) is 52.1 Å². The van der Waals surface area contributed by atoms with Gasteiger partial charge in [-0.3, -0.25) is 0 Å². The Bertz CT molecular complexity index is 644. The molecule has 0 aliphatic heterocycles. The Morgan fingerprint density at radius 3 is 2.32 bits per heavy atom. The van der Waals surface area contributed by atoms with E-state index in [0.717, 1.165) is 16.6 Å². The van der Waals surface area contributed by atoms with Gasteiger partial charge in [-0.2, -0.15) is 12.6 Å². The van der Waals surface area contributed by atoms with Gasteiger partial charge in [0.05, 0.1) is 0 Å². The molecule has 0 unspecified atom stereocenters. The number of hydrogen-bond acceptors (Lipinski definition) is 1. The fraction of sp³-hybridized carbons (Fsp3) is 0.294. The van der Waals surface area contributed by atoms with Gasteiger partial charge in [0.15, 0.2) is 0 Å². The lowest BCUT2D eigenvalue weighted by molar-refractivity contribution is 0.659. The van der Waals surface area contributed by atoms with Gasteiger partial charge in [0.25, 0.3) is 0 Å². The van der Waals surface area contributed by atoms with Crippen molar-refractivity contribution >= 4 is 28.6 Å². The molecule has 0 radical (unpaired) electrons. The van der Waals surface area contributed by atoms with Gasteiger partial charge in [-0.1, -0.05) is 54.0 Å². The molecule has 0 saturated carbocycles. The molecule has 0 N–H and O–H groups in total. The summed E-state index contributed by atoms with van der Waals surface area (Å²) < 4.78 is 1.16. The summed E-state index contributed by atoms with van der Waals surface area (Å²) in [5.74, 6) is 0.901. The molecule has 0 aromatic heterocycles. The quantitative estimate of drug-likeness (QED) is 0.715. The monoisotopic (exact) mass is 332 g/mol. The number of rotatable bonds is 2. The Morgan fingerprint density at radius 2 is 1.63 bits per heavy atom. The number of fused-ring (bicyclic) bond motifs is 3. The first-order chi connectivity index (χ1) is 9.04. The van der Waals surface area contributed by atoms with Crippen LogP contribution in [0, 0.1) is 0 Å². The topological polar surface area (TPSA) is 0 Å². The molecule has 1 aliphatic rings. The molecule has 0 heterocycles. The van der Waals surface area contributed by atoms with Crippen LogP contribution in [0.1, 0.15) is 30.5 Å². The first-order valence-electron chi connectivity index (χ1n) is 6.58. The molecular weight excluding hydrogens is 316 g/mol. The highest BCUT2D eigenvalue weighted by Gasteiger charge is 2.35. The summed E-state index contributed by atoms with van der Waals surface area (Å²) in [5.41, 5.74) is 7.09. The van der Waals surface area contributed by atoms with Crippen LogP contribution in [0.15, 0.2) is 40.9 Å². The van der Waals surface area contributed by atoms with E-state index in [1.165, 1.54) is 27.8 Å². The van der Waals surface area contributed by atoms with Crippen molar-refractivity contribution in [1.82, 2.24) is 0 Å². The van der Waals surface area contributed by atoms with Crippen LogP contribution >= 0.6 is 28.6 Å². The Kier molecular flexibility index (Phi) is 3.26. The van der Waals surface area contributed by atoms with Crippen molar-refractivity contribution in [2.75, 3.05) is 5.75 Å². The summed E-state index contributed by atoms with van der Waals surface area (Å²) in [6.45, 7) is 4.63. The lowest BCUT2D eigenvalue weighted by Crippen LogP contribution is -2.15. The molecule has 2 aromatic rings. The third kappa shape index (κ3) is 2.05. The Hall–Kier alpha value is -0.730. The molecule has 0 amide bonds. The summed E-state index contributed by atoms with van der Waals surface area (Å²) >= 11 is 7.93. The van der Waals surface area contributed by atoms with E-state index in [0.29, 0.717) is 0 Å². The van der Waals surface area contributed by atoms with Crippen LogP contribution in [-0.4, -0.2) is 5.75 Å². The van der Waals surface area contributed by atoms with Gasteiger partial charge in [-0.25, -0.2) is 0 Å². The molecule has 2 heteroatoms. The lowest BCUT2D eigenvalue weighted by atomic mass is 9.82. The maximum absolute atomic E-state index is 4.34. The summed E-state index contributed by atoms with van der Waals surface area (Å²) in [5, 5.41) is 0. The predicted molar refractivity (Wildman–Crippen MR) is 89.3 cm³/mol. The maximum atomic E-state index is 4.34. The molecule has 19 heavy (non-hydrogen) atoms. The minimum atomic E-state index is 0.0844. The van der Waals surface area contributed by atoms with E-state index in [1.807, 2.05) is 0 Å². The van der Waals surface area contributed by atoms with Gasteiger partial charge in [0.1, 0.15) is 0 Å².